The van der Waals surface area contributed by atoms with E-state index >= 15 is 0 Å². The van der Waals surface area contributed by atoms with Crippen LogP contribution >= 0.6 is 0 Å². The molecule has 0 aromatic rings. The average molecular weight is 282 g/mol. The van der Waals surface area contributed by atoms with E-state index in [0.717, 1.165) is 17.8 Å². The molecule has 0 N–H and O–H groups in total. The van der Waals surface area contributed by atoms with E-state index in [4.69, 9.17) is 0 Å². The Morgan fingerprint density at radius 1 is 0.952 bits per heavy atom. The van der Waals surface area contributed by atoms with Crippen molar-refractivity contribution < 1.29 is 0 Å². The molecule has 0 amide bonds. The van der Waals surface area contributed by atoms with Gasteiger partial charge in [0.25, 0.3) is 0 Å². The van der Waals surface area contributed by atoms with Crippen LogP contribution in [0.5, 0.6) is 0 Å². The van der Waals surface area contributed by atoms with Gasteiger partial charge in [0.1, 0.15) is 0 Å². The van der Waals surface area contributed by atoms with Gasteiger partial charge >= 0.3 is 0 Å². The minimum absolute atomic E-state index is 0.472. The molecule has 1 saturated carbocycles. The molecule has 1 fully saturated rings. The maximum atomic E-state index is 2.61. The van der Waals surface area contributed by atoms with Gasteiger partial charge in [0.15, 0.2) is 0 Å². The minimum atomic E-state index is 0.472. The summed E-state index contributed by atoms with van der Waals surface area (Å²) in [7, 11) is 0. The van der Waals surface area contributed by atoms with Crippen LogP contribution in [0.4, 0.5) is 0 Å². The third-order valence-electron chi connectivity index (χ3n) is 7.93. The summed E-state index contributed by atoms with van der Waals surface area (Å²) < 4.78 is 0. The molecule has 0 spiro atoms. The first kappa shape index (κ1) is 13.9. The van der Waals surface area contributed by atoms with Gasteiger partial charge in [-0.3, -0.25) is 0 Å². The van der Waals surface area contributed by atoms with Gasteiger partial charge in [0.05, 0.1) is 0 Å². The first-order valence-corrected chi connectivity index (χ1v) is 9.00. The summed E-state index contributed by atoms with van der Waals surface area (Å²) in [4.78, 5) is 0. The standard InChI is InChI=1S/C21H30/c1-14-9-11-21(4)16(13-14)6-7-17-18-8-5-15(2)20(18,3)12-10-19(17)21/h5-6,13,17-19H,7-12H2,1-4H3. The summed E-state index contributed by atoms with van der Waals surface area (Å²) >= 11 is 0. The minimum Gasteiger partial charge on any atom is -0.0847 e. The van der Waals surface area contributed by atoms with Crippen LogP contribution < -0.4 is 0 Å². The SMILES string of the molecule is CC1=CC2=CCC3C4CC=C(C)C4(C)CCC3C2(C)CC1. The molecule has 0 heterocycles. The van der Waals surface area contributed by atoms with Gasteiger partial charge in [-0.1, -0.05) is 43.2 Å². The Bertz CT molecular complexity index is 561. The van der Waals surface area contributed by atoms with Gasteiger partial charge in [0, 0.05) is 0 Å². The lowest BCUT2D eigenvalue weighted by Crippen LogP contribution is -2.48. The van der Waals surface area contributed by atoms with Gasteiger partial charge in [0.2, 0.25) is 0 Å². The Labute approximate surface area is 130 Å². The second-order valence-corrected chi connectivity index (χ2v) is 8.76. The second-order valence-electron chi connectivity index (χ2n) is 8.76. The first-order valence-electron chi connectivity index (χ1n) is 9.00. The second kappa shape index (κ2) is 4.37. The van der Waals surface area contributed by atoms with Crippen molar-refractivity contribution in [3.8, 4) is 0 Å². The molecule has 5 unspecified atom stereocenters. The molecule has 0 heteroatoms. The van der Waals surface area contributed by atoms with Crippen molar-refractivity contribution in [1.29, 1.82) is 0 Å². The Kier molecular flexibility index (Phi) is 2.88. The summed E-state index contributed by atoms with van der Waals surface area (Å²) in [6.07, 6.45) is 15.9. The van der Waals surface area contributed by atoms with Gasteiger partial charge in [-0.2, -0.15) is 0 Å². The van der Waals surface area contributed by atoms with Gasteiger partial charge in [-0.05, 0) is 86.5 Å². The molecule has 5 atom stereocenters. The van der Waals surface area contributed by atoms with Crippen LogP contribution in [0.15, 0.2) is 34.9 Å². The zero-order chi connectivity index (χ0) is 14.8. The molecule has 4 aliphatic carbocycles. The van der Waals surface area contributed by atoms with Gasteiger partial charge < -0.3 is 0 Å². The summed E-state index contributed by atoms with van der Waals surface area (Å²) in [5.41, 5.74) is 5.95. The van der Waals surface area contributed by atoms with Crippen LogP contribution in [-0.4, -0.2) is 0 Å². The number of allylic oxidation sites excluding steroid dienone is 6. The van der Waals surface area contributed by atoms with Gasteiger partial charge in [-0.25, -0.2) is 0 Å². The van der Waals surface area contributed by atoms with Crippen LogP contribution in [-0.2, 0) is 0 Å². The largest absolute Gasteiger partial charge is 0.0847 e. The summed E-state index contributed by atoms with van der Waals surface area (Å²) in [6.45, 7) is 9.84. The number of fused-ring (bicyclic) bond motifs is 5. The number of rotatable bonds is 0. The molecule has 0 aromatic carbocycles. The highest BCUT2D eigenvalue weighted by atomic mass is 14.6. The molecule has 4 rings (SSSR count). The highest BCUT2D eigenvalue weighted by molar-refractivity contribution is 5.37. The highest BCUT2D eigenvalue weighted by Crippen LogP contribution is 2.64. The molecule has 0 bridgehead atoms. The van der Waals surface area contributed by atoms with Gasteiger partial charge in [-0.15, -0.1) is 0 Å². The highest BCUT2D eigenvalue weighted by Gasteiger charge is 2.55. The van der Waals surface area contributed by atoms with E-state index in [1.54, 1.807) is 16.7 Å². The van der Waals surface area contributed by atoms with Crippen molar-refractivity contribution in [2.45, 2.75) is 66.2 Å². The zero-order valence-electron chi connectivity index (χ0n) is 14.2. The van der Waals surface area contributed by atoms with Crippen molar-refractivity contribution in [3.63, 3.8) is 0 Å². The fourth-order valence-electron chi connectivity index (χ4n) is 6.25. The maximum Gasteiger partial charge on any atom is -0.00443 e. The summed E-state index contributed by atoms with van der Waals surface area (Å²) in [5, 5.41) is 0. The Hall–Kier alpha value is -0.780. The van der Waals surface area contributed by atoms with Crippen LogP contribution in [0.2, 0.25) is 0 Å². The molecule has 21 heavy (non-hydrogen) atoms. The molecular weight excluding hydrogens is 252 g/mol. The third kappa shape index (κ3) is 1.74. The smallest absolute Gasteiger partial charge is 0.00443 e. The number of hydrogen-bond donors (Lipinski definition) is 0. The van der Waals surface area contributed by atoms with E-state index in [9.17, 15) is 0 Å². The fourth-order valence-corrected chi connectivity index (χ4v) is 6.25. The molecular formula is C21H30. The van der Waals surface area contributed by atoms with E-state index in [2.05, 4.69) is 45.9 Å². The zero-order valence-corrected chi connectivity index (χ0v) is 14.2. The normalized spacial score (nSPS) is 48.6. The van der Waals surface area contributed by atoms with Crippen LogP contribution in [0, 0.1) is 28.6 Å². The van der Waals surface area contributed by atoms with Crippen molar-refractivity contribution in [2.24, 2.45) is 28.6 Å². The monoisotopic (exact) mass is 282 g/mol. The van der Waals surface area contributed by atoms with Crippen molar-refractivity contribution in [3.05, 3.63) is 34.9 Å². The Morgan fingerprint density at radius 2 is 1.76 bits per heavy atom. The molecule has 0 radical (unpaired) electrons. The van der Waals surface area contributed by atoms with E-state index < -0.39 is 0 Å². The molecule has 114 valence electrons. The average Bonchev–Trinajstić information content (AvgIpc) is 2.76. The van der Waals surface area contributed by atoms with E-state index in [-0.39, 0.29) is 0 Å². The lowest BCUT2D eigenvalue weighted by Gasteiger charge is -2.56. The quantitative estimate of drug-likeness (QED) is 0.474. The molecule has 0 aromatic heterocycles. The summed E-state index contributed by atoms with van der Waals surface area (Å²) in [6, 6.07) is 0. The van der Waals surface area contributed by atoms with Crippen LogP contribution in [0.3, 0.4) is 0 Å². The van der Waals surface area contributed by atoms with E-state index in [1.807, 2.05) is 0 Å². The lowest BCUT2D eigenvalue weighted by molar-refractivity contribution is -0.00951. The van der Waals surface area contributed by atoms with Crippen molar-refractivity contribution in [1.82, 2.24) is 0 Å². The molecule has 0 saturated heterocycles. The van der Waals surface area contributed by atoms with Crippen LogP contribution in [0.1, 0.15) is 66.2 Å². The number of hydrogen-bond acceptors (Lipinski definition) is 0. The molecule has 0 aliphatic heterocycles. The predicted octanol–water partition coefficient (Wildman–Crippen LogP) is 6.06. The van der Waals surface area contributed by atoms with Crippen LogP contribution in [0.25, 0.3) is 0 Å². The third-order valence-corrected chi connectivity index (χ3v) is 7.93. The first-order chi connectivity index (χ1) is 9.95. The Morgan fingerprint density at radius 3 is 2.57 bits per heavy atom. The Balaban J connectivity index is 1.72. The summed E-state index contributed by atoms with van der Waals surface area (Å²) in [5.74, 6) is 2.77. The van der Waals surface area contributed by atoms with E-state index in [1.165, 1.54) is 38.5 Å². The predicted molar refractivity (Wildman–Crippen MR) is 90.0 cm³/mol. The topological polar surface area (TPSA) is 0 Å². The van der Waals surface area contributed by atoms with Crippen molar-refractivity contribution >= 4 is 0 Å². The lowest BCUT2D eigenvalue weighted by atomic mass is 9.48. The van der Waals surface area contributed by atoms with E-state index in [0.29, 0.717) is 10.8 Å². The maximum absolute atomic E-state index is 2.61. The van der Waals surface area contributed by atoms with Crippen molar-refractivity contribution in [2.75, 3.05) is 0 Å². The molecule has 4 aliphatic rings. The molecule has 0 nitrogen and oxygen atoms in total. The fraction of sp³-hybridized carbons (Fsp3) is 0.714.